The number of carbonyl (C=O) groups excluding carboxylic acids is 1. The fourth-order valence-electron chi connectivity index (χ4n) is 4.89. The summed E-state index contributed by atoms with van der Waals surface area (Å²) in [5.74, 6) is 0.494. The second-order valence-corrected chi connectivity index (χ2v) is 9.35. The predicted molar refractivity (Wildman–Crippen MR) is 146 cm³/mol. The van der Waals surface area contributed by atoms with Crippen LogP contribution in [0.15, 0.2) is 77.9 Å². The molecule has 7 heteroatoms. The van der Waals surface area contributed by atoms with Crippen LogP contribution in [-0.4, -0.2) is 20.6 Å². The molecule has 4 aromatic rings. The Morgan fingerprint density at radius 1 is 1.03 bits per heavy atom. The summed E-state index contributed by atoms with van der Waals surface area (Å²) >= 11 is 0. The maximum absolute atomic E-state index is 13.4. The molecule has 3 heterocycles. The Kier molecular flexibility index (Phi) is 6.88. The van der Waals surface area contributed by atoms with Crippen LogP contribution >= 0.6 is 0 Å². The van der Waals surface area contributed by atoms with Crippen LogP contribution in [0.1, 0.15) is 46.8 Å². The topological polar surface area (TPSA) is 87.5 Å². The van der Waals surface area contributed by atoms with Gasteiger partial charge in [0.15, 0.2) is 0 Å². The van der Waals surface area contributed by atoms with E-state index >= 15 is 0 Å². The summed E-state index contributed by atoms with van der Waals surface area (Å²) < 4.78 is 1.50. The van der Waals surface area contributed by atoms with Crippen LogP contribution < -0.4 is 15.8 Å². The van der Waals surface area contributed by atoms with Gasteiger partial charge >= 0.3 is 0 Å². The van der Waals surface area contributed by atoms with Crippen molar-refractivity contribution >= 4 is 23.1 Å². The lowest BCUT2D eigenvalue weighted by molar-refractivity contribution is 0.0996. The van der Waals surface area contributed by atoms with Gasteiger partial charge < -0.3 is 19.9 Å². The third-order valence-corrected chi connectivity index (χ3v) is 6.81. The number of nitrogens with one attached hydrogen (secondary N) is 1. The first-order valence-corrected chi connectivity index (χ1v) is 12.6. The number of nitrogens with zero attached hydrogens (tertiary/aromatic N) is 3. The van der Waals surface area contributed by atoms with E-state index in [1.165, 1.54) is 10.1 Å². The number of anilines is 3. The van der Waals surface area contributed by atoms with E-state index < -0.39 is 0 Å². The van der Waals surface area contributed by atoms with Gasteiger partial charge in [0.05, 0.1) is 18.8 Å². The Morgan fingerprint density at radius 3 is 2.65 bits per heavy atom. The third-order valence-electron chi connectivity index (χ3n) is 6.81. The number of rotatable bonds is 8. The molecule has 0 saturated heterocycles. The van der Waals surface area contributed by atoms with Gasteiger partial charge in [-0.05, 0) is 59.9 Å². The smallest absolute Gasteiger partial charge is 0.274 e. The minimum Gasteiger partial charge on any atom is -0.392 e. The van der Waals surface area contributed by atoms with Crippen molar-refractivity contribution < 1.29 is 9.90 Å². The van der Waals surface area contributed by atoms with E-state index in [1.807, 2.05) is 42.5 Å². The van der Waals surface area contributed by atoms with E-state index in [1.54, 1.807) is 36.5 Å². The maximum atomic E-state index is 13.4. The molecule has 0 aliphatic carbocycles. The summed E-state index contributed by atoms with van der Waals surface area (Å²) in [6.45, 7) is 2.38. The zero-order valence-corrected chi connectivity index (χ0v) is 21.1. The Hall–Kier alpha value is -4.23. The zero-order valence-electron chi connectivity index (χ0n) is 21.1. The summed E-state index contributed by atoms with van der Waals surface area (Å²) in [5, 5.41) is 13.6. The highest BCUT2D eigenvalue weighted by molar-refractivity contribution is 6.10. The fraction of sp³-hybridized carbons (Fsp3) is 0.233. The number of aliphatic hydroxyl groups excluding tert-OH is 1. The number of hydrogen-bond acceptors (Lipinski definition) is 5. The number of carbonyl (C=O) groups is 1. The highest BCUT2D eigenvalue weighted by Gasteiger charge is 2.30. The third kappa shape index (κ3) is 4.78. The fourth-order valence-corrected chi connectivity index (χ4v) is 4.89. The summed E-state index contributed by atoms with van der Waals surface area (Å²) in [5.41, 5.74) is 5.95. The molecule has 1 amide bonds. The molecule has 0 saturated carbocycles. The maximum Gasteiger partial charge on any atom is 0.274 e. The quantitative estimate of drug-likeness (QED) is 0.352. The van der Waals surface area contributed by atoms with Gasteiger partial charge in [0, 0.05) is 36.1 Å². The Bertz CT molecular complexity index is 1510. The molecule has 5 rings (SSSR count). The largest absolute Gasteiger partial charge is 0.392 e. The van der Waals surface area contributed by atoms with Crippen molar-refractivity contribution in [2.75, 3.05) is 10.2 Å². The normalized spacial score (nSPS) is 12.6. The van der Waals surface area contributed by atoms with Gasteiger partial charge in [-0.3, -0.25) is 9.59 Å². The zero-order chi connectivity index (χ0) is 25.9. The van der Waals surface area contributed by atoms with Crippen molar-refractivity contribution in [1.29, 1.82) is 0 Å². The molecule has 37 heavy (non-hydrogen) atoms. The molecule has 1 aliphatic rings. The standard InChI is InChI=1S/C30H30N4O3/c1-3-4-8-20-12-13-24-21(15-20)18-34(29(24)36)27-10-7-9-23(25(27)19-35)22-16-26(30(37)33(2)17-22)32-28-11-5-6-14-31-28/h5-7,9-17,35H,3-4,8,18-19H2,1-2H3,(H,31,32). The number of aromatic nitrogens is 2. The van der Waals surface area contributed by atoms with Gasteiger partial charge in [-0.15, -0.1) is 0 Å². The number of hydrogen-bond donors (Lipinski definition) is 2. The van der Waals surface area contributed by atoms with Gasteiger partial charge in [0.1, 0.15) is 11.5 Å². The lowest BCUT2D eigenvalue weighted by Crippen LogP contribution is -2.24. The molecule has 2 aromatic carbocycles. The van der Waals surface area contributed by atoms with Gasteiger partial charge in [-0.2, -0.15) is 0 Å². The van der Waals surface area contributed by atoms with Gasteiger partial charge in [0.2, 0.25) is 0 Å². The molecule has 7 nitrogen and oxygen atoms in total. The summed E-state index contributed by atoms with van der Waals surface area (Å²) in [6, 6.07) is 18.9. The molecule has 0 spiro atoms. The molecule has 0 bridgehead atoms. The highest BCUT2D eigenvalue weighted by atomic mass is 16.3. The molecule has 1 aliphatic heterocycles. The van der Waals surface area contributed by atoms with Gasteiger partial charge in [-0.1, -0.05) is 43.7 Å². The Balaban J connectivity index is 1.52. The molecule has 0 atom stereocenters. The highest BCUT2D eigenvalue weighted by Crippen LogP contribution is 2.36. The van der Waals surface area contributed by atoms with Crippen molar-refractivity contribution in [1.82, 2.24) is 9.55 Å². The molecule has 188 valence electrons. The first-order chi connectivity index (χ1) is 18.0. The number of unbranched alkanes of at least 4 members (excludes halogenated alkanes) is 1. The average molecular weight is 495 g/mol. The average Bonchev–Trinajstić information content (AvgIpc) is 3.25. The van der Waals surface area contributed by atoms with Crippen molar-refractivity contribution in [2.24, 2.45) is 7.05 Å². The first-order valence-electron chi connectivity index (χ1n) is 12.6. The van der Waals surface area contributed by atoms with E-state index in [0.717, 1.165) is 36.0 Å². The monoisotopic (exact) mass is 494 g/mol. The molecular weight excluding hydrogens is 464 g/mol. The van der Waals surface area contributed by atoms with Crippen LogP contribution in [0.2, 0.25) is 0 Å². The van der Waals surface area contributed by atoms with E-state index in [-0.39, 0.29) is 18.1 Å². The van der Waals surface area contributed by atoms with Crippen molar-refractivity contribution in [3.63, 3.8) is 0 Å². The number of fused-ring (bicyclic) bond motifs is 1. The van der Waals surface area contributed by atoms with Gasteiger partial charge in [0.25, 0.3) is 11.5 Å². The molecule has 0 fully saturated rings. The van der Waals surface area contributed by atoms with Crippen LogP contribution in [0.25, 0.3) is 11.1 Å². The van der Waals surface area contributed by atoms with E-state index in [4.69, 9.17) is 0 Å². The predicted octanol–water partition coefficient (Wildman–Crippen LogP) is 5.19. The van der Waals surface area contributed by atoms with Crippen LogP contribution in [0, 0.1) is 0 Å². The Morgan fingerprint density at radius 2 is 1.89 bits per heavy atom. The lowest BCUT2D eigenvalue weighted by atomic mass is 9.98. The van der Waals surface area contributed by atoms with Crippen LogP contribution in [0.3, 0.4) is 0 Å². The second kappa shape index (κ2) is 10.4. The minimum absolute atomic E-state index is 0.0677. The van der Waals surface area contributed by atoms with E-state index in [9.17, 15) is 14.7 Å². The van der Waals surface area contributed by atoms with E-state index in [0.29, 0.717) is 34.9 Å². The number of pyridine rings is 2. The summed E-state index contributed by atoms with van der Waals surface area (Å²) in [7, 11) is 1.69. The van der Waals surface area contributed by atoms with Crippen molar-refractivity contribution in [3.05, 3.63) is 106 Å². The van der Waals surface area contributed by atoms with Crippen LogP contribution in [0.4, 0.5) is 17.2 Å². The van der Waals surface area contributed by atoms with Crippen molar-refractivity contribution in [3.8, 4) is 11.1 Å². The first kappa shape index (κ1) is 24.5. The molecule has 0 radical (unpaired) electrons. The summed E-state index contributed by atoms with van der Waals surface area (Å²) in [6.07, 6.45) is 6.63. The number of aryl methyl sites for hydroxylation is 2. The Labute approximate surface area is 216 Å². The van der Waals surface area contributed by atoms with Crippen molar-refractivity contribution in [2.45, 2.75) is 39.3 Å². The van der Waals surface area contributed by atoms with Crippen LogP contribution in [0.5, 0.6) is 0 Å². The molecule has 0 unspecified atom stereocenters. The lowest BCUT2D eigenvalue weighted by Gasteiger charge is -2.22. The number of amides is 1. The number of benzene rings is 2. The molecule has 2 N–H and O–H groups in total. The van der Waals surface area contributed by atoms with Crippen LogP contribution in [-0.2, 0) is 26.6 Å². The van der Waals surface area contributed by atoms with E-state index in [2.05, 4.69) is 23.3 Å². The van der Waals surface area contributed by atoms with Gasteiger partial charge in [-0.25, -0.2) is 4.98 Å². The molecular formula is C30H30N4O3. The summed E-state index contributed by atoms with van der Waals surface area (Å²) in [4.78, 5) is 32.2. The SMILES string of the molecule is CCCCc1ccc2c(c1)CN(c1cccc(-c3cc(Nc4ccccn4)c(=O)n(C)c3)c1CO)C2=O. The second-order valence-electron chi connectivity index (χ2n) is 9.35. The molecule has 2 aromatic heterocycles. The minimum atomic E-state index is -0.251. The number of aliphatic hydroxyl groups is 1.